The lowest BCUT2D eigenvalue weighted by molar-refractivity contribution is -0.121. The van der Waals surface area contributed by atoms with E-state index in [2.05, 4.69) is 29.4 Å². The van der Waals surface area contributed by atoms with Gasteiger partial charge in [0.15, 0.2) is 0 Å². The first-order chi connectivity index (χ1) is 10.7. The second-order valence-corrected chi connectivity index (χ2v) is 5.56. The molecular formula is C18H20N2O2. The maximum Gasteiger partial charge on any atom is 0.219 e. The quantitative estimate of drug-likeness (QED) is 0.944. The summed E-state index contributed by atoms with van der Waals surface area (Å²) < 4.78 is 6.09. The van der Waals surface area contributed by atoms with Gasteiger partial charge in [0.1, 0.15) is 11.9 Å². The highest BCUT2D eigenvalue weighted by Crippen LogP contribution is 2.38. The number of aromatic nitrogens is 1. The van der Waals surface area contributed by atoms with Crippen LogP contribution in [-0.2, 0) is 11.2 Å². The molecule has 0 fully saturated rings. The molecule has 1 atom stereocenters. The van der Waals surface area contributed by atoms with Crippen LogP contribution < -0.4 is 10.1 Å². The number of ether oxygens (including phenoxy) is 1. The number of fused-ring (bicyclic) bond motifs is 1. The fourth-order valence-corrected chi connectivity index (χ4v) is 2.76. The van der Waals surface area contributed by atoms with Gasteiger partial charge in [-0.2, -0.15) is 0 Å². The van der Waals surface area contributed by atoms with E-state index in [1.54, 1.807) is 6.20 Å². The number of hydrogen-bond acceptors (Lipinski definition) is 3. The van der Waals surface area contributed by atoms with Crippen molar-refractivity contribution in [3.63, 3.8) is 0 Å². The number of benzene rings is 1. The minimum absolute atomic E-state index is 0.00401. The molecule has 0 radical (unpaired) electrons. The second-order valence-electron chi connectivity index (χ2n) is 5.56. The van der Waals surface area contributed by atoms with Crippen LogP contribution in [0, 0.1) is 6.92 Å². The van der Waals surface area contributed by atoms with Gasteiger partial charge in [0.2, 0.25) is 5.91 Å². The molecule has 1 amide bonds. The summed E-state index contributed by atoms with van der Waals surface area (Å²) in [6.07, 6.45) is 3.11. The first-order valence-electron chi connectivity index (χ1n) is 7.66. The topological polar surface area (TPSA) is 51.2 Å². The molecule has 0 unspecified atom stereocenters. The highest BCUT2D eigenvalue weighted by Gasteiger charge is 2.26. The molecule has 3 rings (SSSR count). The Balaban J connectivity index is 1.83. The fraction of sp³-hybridized carbons (Fsp3) is 0.333. The van der Waals surface area contributed by atoms with E-state index in [1.807, 2.05) is 25.1 Å². The van der Waals surface area contributed by atoms with Crippen molar-refractivity contribution >= 4 is 5.91 Å². The minimum atomic E-state index is -0.00401. The van der Waals surface area contributed by atoms with E-state index in [0.29, 0.717) is 13.0 Å². The van der Waals surface area contributed by atoms with Crippen LogP contribution in [0.4, 0.5) is 0 Å². The van der Waals surface area contributed by atoms with Gasteiger partial charge in [0.25, 0.3) is 0 Å². The van der Waals surface area contributed by atoms with E-state index in [9.17, 15) is 4.79 Å². The highest BCUT2D eigenvalue weighted by atomic mass is 16.5. The highest BCUT2D eigenvalue weighted by molar-refractivity contribution is 5.75. The normalized spacial score (nSPS) is 16.0. The molecule has 2 aromatic rings. The van der Waals surface area contributed by atoms with Crippen LogP contribution in [0.3, 0.4) is 0 Å². The van der Waals surface area contributed by atoms with Crippen LogP contribution >= 0.6 is 0 Å². The third-order valence-corrected chi connectivity index (χ3v) is 3.94. The monoisotopic (exact) mass is 296 g/mol. The number of nitrogens with one attached hydrogen (secondary N) is 1. The number of nitrogens with zero attached hydrogens (tertiary/aromatic N) is 1. The van der Waals surface area contributed by atoms with E-state index >= 15 is 0 Å². The van der Waals surface area contributed by atoms with Crippen molar-refractivity contribution in [2.75, 3.05) is 6.54 Å². The SMILES string of the molecule is CCC(=O)NC[C@H]1Cc2cccc(-c3ncccc3C)c2O1. The van der Waals surface area contributed by atoms with Crippen LogP contribution in [0.2, 0.25) is 0 Å². The molecule has 1 N–H and O–H groups in total. The van der Waals surface area contributed by atoms with Gasteiger partial charge in [0.05, 0.1) is 12.2 Å². The number of carbonyl (C=O) groups excluding carboxylic acids is 1. The summed E-state index contributed by atoms with van der Waals surface area (Å²) in [6, 6.07) is 10.2. The molecule has 22 heavy (non-hydrogen) atoms. The summed E-state index contributed by atoms with van der Waals surface area (Å²) in [4.78, 5) is 15.9. The van der Waals surface area contributed by atoms with Crippen molar-refractivity contribution in [2.45, 2.75) is 32.8 Å². The minimum Gasteiger partial charge on any atom is -0.487 e. The van der Waals surface area contributed by atoms with E-state index in [1.165, 1.54) is 5.56 Å². The predicted molar refractivity (Wildman–Crippen MR) is 85.8 cm³/mol. The van der Waals surface area contributed by atoms with Gasteiger partial charge in [-0.25, -0.2) is 0 Å². The zero-order chi connectivity index (χ0) is 15.5. The molecular weight excluding hydrogens is 276 g/mol. The molecule has 1 aliphatic heterocycles. The number of pyridine rings is 1. The van der Waals surface area contributed by atoms with E-state index in [4.69, 9.17) is 4.74 Å². The summed E-state index contributed by atoms with van der Waals surface area (Å²) in [6.45, 7) is 4.44. The summed E-state index contributed by atoms with van der Waals surface area (Å²) in [5.74, 6) is 0.959. The molecule has 0 saturated heterocycles. The Bertz CT molecular complexity index is 697. The average Bonchev–Trinajstić information content (AvgIpc) is 2.96. The summed E-state index contributed by atoms with van der Waals surface area (Å²) >= 11 is 0. The Morgan fingerprint density at radius 1 is 1.36 bits per heavy atom. The lowest BCUT2D eigenvalue weighted by Gasteiger charge is -2.13. The Hall–Kier alpha value is -2.36. The van der Waals surface area contributed by atoms with Gasteiger partial charge < -0.3 is 10.1 Å². The van der Waals surface area contributed by atoms with Crippen LogP contribution in [0.1, 0.15) is 24.5 Å². The second kappa shape index (κ2) is 6.18. The molecule has 1 aromatic carbocycles. The fourth-order valence-electron chi connectivity index (χ4n) is 2.76. The Morgan fingerprint density at radius 3 is 3.00 bits per heavy atom. The van der Waals surface area contributed by atoms with Crippen molar-refractivity contribution in [2.24, 2.45) is 0 Å². The van der Waals surface area contributed by atoms with Gasteiger partial charge in [-0.3, -0.25) is 9.78 Å². The van der Waals surface area contributed by atoms with Gasteiger partial charge >= 0.3 is 0 Å². The lowest BCUT2D eigenvalue weighted by atomic mass is 10.0. The molecule has 0 aliphatic carbocycles. The van der Waals surface area contributed by atoms with Gasteiger partial charge in [-0.1, -0.05) is 25.1 Å². The zero-order valence-electron chi connectivity index (χ0n) is 12.9. The maximum atomic E-state index is 11.4. The number of rotatable bonds is 4. The Labute approximate surface area is 130 Å². The lowest BCUT2D eigenvalue weighted by Crippen LogP contribution is -2.33. The molecule has 1 aromatic heterocycles. The Kier molecular flexibility index (Phi) is 4.09. The number of para-hydroxylation sites is 1. The summed E-state index contributed by atoms with van der Waals surface area (Å²) in [5.41, 5.74) is 4.29. The van der Waals surface area contributed by atoms with E-state index in [0.717, 1.165) is 29.0 Å². The van der Waals surface area contributed by atoms with Crippen LogP contribution in [0.15, 0.2) is 36.5 Å². The van der Waals surface area contributed by atoms with Crippen molar-refractivity contribution in [3.05, 3.63) is 47.7 Å². The smallest absolute Gasteiger partial charge is 0.219 e. The first kappa shape index (κ1) is 14.6. The van der Waals surface area contributed by atoms with Crippen molar-refractivity contribution in [1.82, 2.24) is 10.3 Å². The summed E-state index contributed by atoms with van der Waals surface area (Å²) in [7, 11) is 0. The van der Waals surface area contributed by atoms with Crippen LogP contribution in [-0.4, -0.2) is 23.5 Å². The molecule has 4 nitrogen and oxygen atoms in total. The third kappa shape index (κ3) is 2.82. The maximum absolute atomic E-state index is 11.4. The standard InChI is InChI=1S/C18H20N2O2/c1-3-16(21)20-11-14-10-13-7-4-8-15(18(13)22-14)17-12(2)6-5-9-19-17/h4-9,14H,3,10-11H2,1-2H3,(H,20,21)/t14-/m1/s1. The first-order valence-corrected chi connectivity index (χ1v) is 7.66. The van der Waals surface area contributed by atoms with Gasteiger partial charge in [-0.15, -0.1) is 0 Å². The van der Waals surface area contributed by atoms with Crippen molar-refractivity contribution in [1.29, 1.82) is 0 Å². The molecule has 0 spiro atoms. The average molecular weight is 296 g/mol. The van der Waals surface area contributed by atoms with Crippen LogP contribution in [0.5, 0.6) is 5.75 Å². The number of carbonyl (C=O) groups is 1. The van der Waals surface area contributed by atoms with E-state index in [-0.39, 0.29) is 12.0 Å². The molecule has 1 aliphatic rings. The number of hydrogen-bond donors (Lipinski definition) is 1. The largest absolute Gasteiger partial charge is 0.487 e. The van der Waals surface area contributed by atoms with E-state index < -0.39 is 0 Å². The zero-order valence-corrected chi connectivity index (χ0v) is 12.9. The van der Waals surface area contributed by atoms with Crippen molar-refractivity contribution in [3.8, 4) is 17.0 Å². The summed E-state index contributed by atoms with van der Waals surface area (Å²) in [5, 5.41) is 2.90. The predicted octanol–water partition coefficient (Wildman–Crippen LogP) is 2.89. The molecule has 4 heteroatoms. The number of aryl methyl sites for hydroxylation is 1. The molecule has 2 heterocycles. The van der Waals surface area contributed by atoms with Crippen molar-refractivity contribution < 1.29 is 9.53 Å². The number of amides is 1. The van der Waals surface area contributed by atoms with Gasteiger partial charge in [-0.05, 0) is 30.2 Å². The Morgan fingerprint density at radius 2 is 2.23 bits per heavy atom. The van der Waals surface area contributed by atoms with Crippen LogP contribution in [0.25, 0.3) is 11.3 Å². The third-order valence-electron chi connectivity index (χ3n) is 3.94. The van der Waals surface area contributed by atoms with Gasteiger partial charge in [0, 0.05) is 24.6 Å². The molecule has 0 bridgehead atoms. The molecule has 114 valence electrons. The molecule has 0 saturated carbocycles.